The van der Waals surface area contributed by atoms with E-state index < -0.39 is 52.3 Å². The minimum Gasteiger partial charge on any atom is -0.481 e. The van der Waals surface area contributed by atoms with Gasteiger partial charge in [-0.05, 0) is 169 Å². The van der Waals surface area contributed by atoms with Crippen LogP contribution in [0, 0.1) is 29.6 Å². The van der Waals surface area contributed by atoms with Gasteiger partial charge in [-0.15, -0.1) is 0 Å². The average Bonchev–Trinajstić information content (AvgIpc) is 0.850. The van der Waals surface area contributed by atoms with Gasteiger partial charge in [0.1, 0.15) is 18.3 Å². The fraction of sp³-hybridized carbons (Fsp3) is 0.945. The number of aliphatic carboxylic acids is 2. The van der Waals surface area contributed by atoms with Crippen LogP contribution in [0.5, 0.6) is 0 Å². The Morgan fingerprint density at radius 2 is 0.451 bits per heavy atom. The molecule has 0 aromatic heterocycles. The van der Waals surface area contributed by atoms with E-state index in [0.29, 0.717) is 6.10 Å². The van der Waals surface area contributed by atoms with Crippen LogP contribution in [0.15, 0.2) is 0 Å². The molecule has 0 bridgehead atoms. The van der Waals surface area contributed by atoms with E-state index in [9.17, 15) is 29.1 Å². The first-order valence-corrected chi connectivity index (χ1v) is 62.4. The lowest BCUT2D eigenvalue weighted by Crippen LogP contribution is -2.38. The van der Waals surface area contributed by atoms with Gasteiger partial charge < -0.3 is 39.2 Å². The molecule has 0 saturated heterocycles. The molecule has 8 fully saturated rings. The molecule has 0 aliphatic heterocycles. The number of carbonyl (C=O) groups is 5. The summed E-state index contributed by atoms with van der Waals surface area (Å²) in [5.41, 5.74) is 4.37. The van der Waals surface area contributed by atoms with E-state index in [2.05, 4.69) is 110 Å². The van der Waals surface area contributed by atoms with Crippen LogP contribution < -0.4 is 0 Å². The standard InChI is InChI=1S/C34H64O4Si2.C20H38O3Si.2C14H28O2Si.C6H13O2P.3CH4.3B.3H2/c1-7-9-11-25-39(3,4)31-21-13-27(14-22-31)33(35)37-29-17-19-30(20-18-29)38-34(36)28-15-23-32(24-16-28)40(5,6)26-12-10-8-2;1-4-5-6-15-24(2,3)19-13-7-16(8-14-19)20(22)23-18-11-9-17(21)10-12-18;2*1-4-5-6-11-17(2,3)13-9-7-12(8-10-13)14(15)16;7-5-1-3-6(8-9)4-2-5;;;;;;;;;/h27-32H,7-26H2,1-6H3;16-19,21H,4-15H2,1-3H3;2*12-13H,4-11H2,1-3H3,(H,15,16);5-7H,1-4,9H2;3*1H4;;;;3*1H/i;;;;;;;;;;;3*1+1. The SMILES string of the molecule is C.C.C.CCCCC[Si](C)(C)C1CCC(C(=O)O)CC1.CCCCC[Si](C)(C)C1CCC(C(=O)O)CC1.CCCCC[Si](C)(C)C1CCC(C(=O)OC2CCC(O)CC2)CC1.CCCCC[Si](C)(C)C1CCC(C(=O)OC2CCC(OC(=O)C3CCC([Si](C)(C)CCCCC)CC3)CC2)CC1.OC1CCC(OP)CC1.[2HH].[2HH].[2HH].[B].[B].[B]. The summed E-state index contributed by atoms with van der Waals surface area (Å²) in [6, 6.07) is 7.20. The summed E-state index contributed by atoms with van der Waals surface area (Å²) in [6.45, 7) is 36.8. The molecule has 8 aliphatic carbocycles. The maximum Gasteiger partial charge on any atom is 0.309 e. The van der Waals surface area contributed by atoms with Crippen LogP contribution in [0.25, 0.3) is 0 Å². The van der Waals surface area contributed by atoms with Gasteiger partial charge in [0.05, 0.1) is 88.3 Å². The van der Waals surface area contributed by atoms with E-state index in [1.807, 2.05) is 0 Å². The first kappa shape index (κ1) is 116. The van der Waals surface area contributed by atoms with Crippen LogP contribution in [0.4, 0.5) is 0 Å². The lowest BCUT2D eigenvalue weighted by atomic mass is 9.88. The van der Waals surface area contributed by atoms with Gasteiger partial charge >= 0.3 is 29.8 Å². The molecular weight excluding hydrogens is 1500 g/mol. The van der Waals surface area contributed by atoms with Crippen molar-refractivity contribution in [1.82, 2.24) is 0 Å². The summed E-state index contributed by atoms with van der Waals surface area (Å²) in [5, 5.41) is 36.6. The van der Waals surface area contributed by atoms with Crippen molar-refractivity contribution in [3.8, 4) is 0 Å². The molecule has 0 aromatic rings. The van der Waals surface area contributed by atoms with Crippen LogP contribution >= 0.6 is 9.47 Å². The molecule has 0 spiro atoms. The van der Waals surface area contributed by atoms with Gasteiger partial charge in [-0.2, -0.15) is 0 Å². The molecule has 8 aliphatic rings. The highest BCUT2D eigenvalue weighted by Crippen LogP contribution is 2.48. The highest BCUT2D eigenvalue weighted by atomic mass is 31.0. The van der Waals surface area contributed by atoms with Crippen LogP contribution in [-0.2, 0) is 42.7 Å². The zero-order chi connectivity index (χ0) is 79.2. The monoisotopic (exact) mass is 1700 g/mol. The highest BCUT2D eigenvalue weighted by Gasteiger charge is 2.43. The zero-order valence-electron chi connectivity index (χ0n) is 73.8. The molecule has 0 aromatic carbocycles. The first-order valence-electron chi connectivity index (χ1n) is 45.5. The smallest absolute Gasteiger partial charge is 0.309 e. The summed E-state index contributed by atoms with van der Waals surface area (Å²) >= 11 is 0. The molecule has 0 amide bonds. The number of esters is 3. The number of aliphatic hydroxyl groups is 2. The van der Waals surface area contributed by atoms with Crippen molar-refractivity contribution >= 4 is 105 Å². The molecule has 1 atom stereocenters. The maximum atomic E-state index is 13.0. The van der Waals surface area contributed by atoms with E-state index in [-0.39, 0.29) is 130 Å². The summed E-state index contributed by atoms with van der Waals surface area (Å²) < 4.78 is 22.8. The fourth-order valence-electron chi connectivity index (χ4n) is 20.1. The van der Waals surface area contributed by atoms with Crippen molar-refractivity contribution in [3.63, 3.8) is 0 Å². The number of ether oxygens (including phenoxy) is 3. The highest BCUT2D eigenvalue weighted by molar-refractivity contribution is 7.09. The van der Waals surface area contributed by atoms with Crippen LogP contribution in [0.1, 0.15) is 363 Å². The number of hydrogen-bond acceptors (Lipinski definition) is 11. The predicted molar refractivity (Wildman–Crippen MR) is 508 cm³/mol. The van der Waals surface area contributed by atoms with Gasteiger partial charge in [-0.3, -0.25) is 24.0 Å². The van der Waals surface area contributed by atoms with E-state index >= 15 is 0 Å². The van der Waals surface area contributed by atoms with E-state index in [4.69, 9.17) is 34.1 Å². The molecule has 13 nitrogen and oxygen atoms in total. The normalized spacial score (nSPS) is 28.1. The number of unbranched alkanes of at least 4 members (excludes halogenated alkanes) is 10. The fourth-order valence-corrected chi connectivity index (χ4v) is 37.7. The summed E-state index contributed by atoms with van der Waals surface area (Å²) in [4.78, 5) is 60.3. The number of hydrogen-bond donors (Lipinski definition) is 4. The number of carbonyl (C=O) groups excluding carboxylic acids is 3. The van der Waals surface area contributed by atoms with Crippen LogP contribution in [0.3, 0.4) is 0 Å². The Bertz CT molecular complexity index is 2330. The van der Waals surface area contributed by atoms with Gasteiger partial charge in [0, 0.05) is 39.0 Å². The Kier molecular flexibility index (Phi) is 62.9. The predicted octanol–water partition coefficient (Wildman–Crippen LogP) is 27.3. The first-order chi connectivity index (χ1) is 50.7. The van der Waals surface area contributed by atoms with Crippen molar-refractivity contribution in [2.75, 3.05) is 0 Å². The number of aliphatic hydroxyl groups excluding tert-OH is 2. The Hall–Kier alpha value is -1.06. The van der Waals surface area contributed by atoms with Gasteiger partial charge in [0.2, 0.25) is 0 Å². The van der Waals surface area contributed by atoms with Crippen molar-refractivity contribution in [2.45, 2.75) is 519 Å². The van der Waals surface area contributed by atoms with Crippen molar-refractivity contribution in [1.29, 1.82) is 0 Å². The average molecular weight is 1700 g/mol. The molecule has 8 rings (SSSR count). The van der Waals surface area contributed by atoms with E-state index in [1.165, 1.54) is 191 Å². The van der Waals surface area contributed by atoms with Gasteiger partial charge in [-0.25, -0.2) is 0 Å². The second kappa shape index (κ2) is 61.3. The third-order valence-corrected chi connectivity index (χ3v) is 51.5. The number of carboxylic acids is 2. The van der Waals surface area contributed by atoms with Crippen molar-refractivity contribution in [2.24, 2.45) is 29.6 Å². The Morgan fingerprint density at radius 3 is 0.619 bits per heavy atom. The van der Waals surface area contributed by atoms with E-state index in [1.54, 1.807) is 0 Å². The van der Waals surface area contributed by atoms with E-state index in [0.717, 1.165) is 169 Å². The Balaban J connectivity index is -0.000000344. The summed E-state index contributed by atoms with van der Waals surface area (Å²) in [7, 11) is -3.43. The molecule has 22 heteroatoms. The van der Waals surface area contributed by atoms with Crippen molar-refractivity contribution in [3.05, 3.63) is 0 Å². The maximum absolute atomic E-state index is 13.0. The zero-order valence-corrected chi connectivity index (χ0v) is 79.9. The molecule has 9 radical (unpaired) electrons. The largest absolute Gasteiger partial charge is 0.481 e. The molecule has 8 saturated carbocycles. The Morgan fingerprint density at radius 1 is 0.283 bits per heavy atom. The minimum absolute atomic E-state index is 0. The lowest BCUT2D eigenvalue weighted by molar-refractivity contribution is -0.164. The van der Waals surface area contributed by atoms with Crippen molar-refractivity contribution < 1.29 is 67.4 Å². The van der Waals surface area contributed by atoms with Gasteiger partial charge in [0.25, 0.3) is 0 Å². The quantitative estimate of drug-likeness (QED) is 0.0156. The topological polar surface area (TPSA) is 203 Å². The lowest BCUT2D eigenvalue weighted by Gasteiger charge is -2.38. The van der Waals surface area contributed by atoms with Gasteiger partial charge in [0.15, 0.2) is 0 Å². The molecular formula is C91H189B3O13PSi5. The Labute approximate surface area is 716 Å². The molecule has 113 heavy (non-hydrogen) atoms. The second-order valence-corrected chi connectivity index (χ2v) is 66.1. The third-order valence-electron chi connectivity index (χ3n) is 28.9. The molecule has 4 N–H and O–H groups in total. The molecule has 665 valence electrons. The second-order valence-electron chi connectivity index (χ2n) is 39.4. The van der Waals surface area contributed by atoms with Gasteiger partial charge in [-0.1, -0.05) is 313 Å². The third kappa shape index (κ3) is 44.0. The molecule has 0 heterocycles. The van der Waals surface area contributed by atoms with Crippen LogP contribution in [-0.4, -0.2) is 153 Å². The number of rotatable bonds is 34. The summed E-state index contributed by atoms with van der Waals surface area (Å²) in [6.07, 6.45) is 52.6. The van der Waals surface area contributed by atoms with Crippen LogP contribution in [0.2, 0.25) is 123 Å². The number of carboxylic acid groups (broad SMARTS) is 2. The minimum atomic E-state index is -1.19. The summed E-state index contributed by atoms with van der Waals surface area (Å²) in [5.74, 6) is -0.788. The molecule has 1 unspecified atom stereocenters.